The van der Waals surface area contributed by atoms with E-state index in [-0.39, 0.29) is 49.9 Å². The highest BCUT2D eigenvalue weighted by molar-refractivity contribution is 6.08. The van der Waals surface area contributed by atoms with Crippen molar-refractivity contribution in [3.05, 3.63) is 27.8 Å². The summed E-state index contributed by atoms with van der Waals surface area (Å²) in [5.74, 6) is -1.41. The van der Waals surface area contributed by atoms with Gasteiger partial charge in [-0.3, -0.25) is 14.4 Å². The van der Waals surface area contributed by atoms with Gasteiger partial charge < -0.3 is 40.7 Å². The number of hydrogen-bond acceptors (Lipinski definition) is 8. The monoisotopic (exact) mass is 513 g/mol. The van der Waals surface area contributed by atoms with Gasteiger partial charge in [-0.15, -0.1) is 0 Å². The summed E-state index contributed by atoms with van der Waals surface area (Å²) in [6, 6.07) is 0. The highest BCUT2D eigenvalue weighted by Crippen LogP contribution is 2.35. The minimum Gasteiger partial charge on any atom is -0.395 e. The zero-order chi connectivity index (χ0) is 28.0. The molecular formula is C25H43N3O8. The minimum absolute atomic E-state index is 0.0180. The van der Waals surface area contributed by atoms with Crippen LogP contribution in [0.4, 0.5) is 5.69 Å². The summed E-state index contributed by atoms with van der Waals surface area (Å²) in [7, 11) is 0. The second kappa shape index (κ2) is 17.0. The molecule has 1 aromatic rings. The van der Waals surface area contributed by atoms with E-state index >= 15 is 0 Å². The molecule has 2 unspecified atom stereocenters. The third kappa shape index (κ3) is 8.24. The highest BCUT2D eigenvalue weighted by Gasteiger charge is 2.31. The second-order valence-corrected chi connectivity index (χ2v) is 7.58. The number of morpholine rings is 1. The summed E-state index contributed by atoms with van der Waals surface area (Å²) < 4.78 is 5.19. The molecular weight excluding hydrogens is 470 g/mol. The van der Waals surface area contributed by atoms with E-state index in [1.807, 2.05) is 27.7 Å². The lowest BCUT2D eigenvalue weighted by Crippen LogP contribution is -2.44. The molecule has 1 saturated heterocycles. The van der Waals surface area contributed by atoms with E-state index in [9.17, 15) is 24.6 Å². The Kier molecular flexibility index (Phi) is 15.8. The maximum atomic E-state index is 13.1. The van der Waals surface area contributed by atoms with Crippen molar-refractivity contribution in [3.8, 4) is 0 Å². The summed E-state index contributed by atoms with van der Waals surface area (Å²) >= 11 is 0. The fourth-order valence-corrected chi connectivity index (χ4v) is 3.85. The molecule has 206 valence electrons. The summed E-state index contributed by atoms with van der Waals surface area (Å²) in [6.45, 7) is 12.2. The number of nitrogens with one attached hydrogen (secondary N) is 2. The van der Waals surface area contributed by atoms with Gasteiger partial charge in [-0.2, -0.15) is 0 Å². The first-order valence-corrected chi connectivity index (χ1v) is 12.3. The average Bonchev–Trinajstić information content (AvgIpc) is 2.88. The molecule has 1 heterocycles. The Bertz CT molecular complexity index is 876. The maximum absolute atomic E-state index is 13.1. The van der Waals surface area contributed by atoms with Crippen molar-refractivity contribution < 1.29 is 39.5 Å². The van der Waals surface area contributed by atoms with Crippen molar-refractivity contribution in [3.63, 3.8) is 0 Å². The predicted molar refractivity (Wildman–Crippen MR) is 137 cm³/mol. The number of carbonyl (C=O) groups excluding carboxylic acids is 3. The number of rotatable bonds is 9. The number of amides is 3. The first-order chi connectivity index (χ1) is 17.1. The summed E-state index contributed by atoms with van der Waals surface area (Å²) in [5.41, 5.74) is 2.15. The first-order valence-electron chi connectivity index (χ1n) is 12.3. The number of ether oxygens (including phenoxy) is 1. The number of anilines is 1. The van der Waals surface area contributed by atoms with Gasteiger partial charge in [0.25, 0.3) is 17.7 Å². The minimum atomic E-state index is -1.42. The average molecular weight is 514 g/mol. The topological polar surface area (TPSA) is 169 Å². The van der Waals surface area contributed by atoms with Crippen LogP contribution >= 0.6 is 0 Å². The van der Waals surface area contributed by atoms with Crippen LogP contribution in [0.2, 0.25) is 0 Å². The molecule has 11 nitrogen and oxygen atoms in total. The Morgan fingerprint density at radius 2 is 1.44 bits per heavy atom. The SMILES string of the molecule is CC.CC.Cc1c(C(=O)NCCO)c(C)c(N2CCOCC2=O)c(C)c1C(=O)NCC(O)C(O)CO. The molecule has 11 heteroatoms. The Labute approximate surface area is 213 Å². The molecule has 0 aromatic heterocycles. The molecule has 0 aliphatic carbocycles. The van der Waals surface area contributed by atoms with Crippen LogP contribution in [0.3, 0.4) is 0 Å². The second-order valence-electron chi connectivity index (χ2n) is 7.58. The third-order valence-electron chi connectivity index (χ3n) is 5.42. The van der Waals surface area contributed by atoms with Crippen molar-refractivity contribution >= 4 is 23.4 Å². The molecule has 36 heavy (non-hydrogen) atoms. The van der Waals surface area contributed by atoms with E-state index in [4.69, 9.17) is 14.9 Å². The predicted octanol–water partition coefficient (Wildman–Crippen LogP) is 0.193. The highest BCUT2D eigenvalue weighted by atomic mass is 16.5. The molecule has 1 fully saturated rings. The number of benzene rings is 1. The van der Waals surface area contributed by atoms with Crippen molar-refractivity contribution in [2.75, 3.05) is 51.0 Å². The Hall–Kier alpha value is -2.57. The van der Waals surface area contributed by atoms with E-state index in [0.717, 1.165) is 0 Å². The molecule has 6 N–H and O–H groups in total. The van der Waals surface area contributed by atoms with Crippen molar-refractivity contribution in [2.24, 2.45) is 0 Å². The molecule has 0 saturated carbocycles. The Morgan fingerprint density at radius 1 is 0.917 bits per heavy atom. The summed E-state index contributed by atoms with van der Waals surface area (Å²) in [6.07, 6.45) is -2.81. The Balaban J connectivity index is 0.00000291. The van der Waals surface area contributed by atoms with Gasteiger partial charge in [-0.1, -0.05) is 27.7 Å². The van der Waals surface area contributed by atoms with Gasteiger partial charge in [-0.25, -0.2) is 0 Å². The van der Waals surface area contributed by atoms with E-state index in [1.165, 1.54) is 4.90 Å². The smallest absolute Gasteiger partial charge is 0.253 e. The van der Waals surface area contributed by atoms with Crippen LogP contribution in [-0.4, -0.2) is 96.4 Å². The van der Waals surface area contributed by atoms with E-state index in [0.29, 0.717) is 29.0 Å². The Morgan fingerprint density at radius 3 is 1.92 bits per heavy atom. The number of carbonyl (C=O) groups is 3. The zero-order valence-corrected chi connectivity index (χ0v) is 22.5. The quantitative estimate of drug-likeness (QED) is 0.272. The van der Waals surface area contributed by atoms with Gasteiger partial charge in [0.05, 0.1) is 31.6 Å². The van der Waals surface area contributed by atoms with Crippen molar-refractivity contribution in [1.82, 2.24) is 10.6 Å². The maximum Gasteiger partial charge on any atom is 0.253 e. The molecule has 0 radical (unpaired) electrons. The van der Waals surface area contributed by atoms with E-state index < -0.39 is 30.6 Å². The van der Waals surface area contributed by atoms with Crippen molar-refractivity contribution in [1.29, 1.82) is 0 Å². The van der Waals surface area contributed by atoms with Crippen LogP contribution in [0.25, 0.3) is 0 Å². The summed E-state index contributed by atoms with van der Waals surface area (Å²) in [5, 5.41) is 42.5. The standard InChI is InChI=1S/C21H31N3O8.2C2H6/c1-11-17(20(30)22-4-6-25)12(2)19(24-5-7-32-10-16(24)29)13(3)18(11)21(31)23-8-14(27)15(28)9-26;2*1-2/h14-15,25-28H,4-10H2,1-3H3,(H,22,30)(H,23,31);2*1-2H3. The number of aliphatic hydroxyl groups excluding tert-OH is 4. The molecule has 0 spiro atoms. The number of nitrogens with zero attached hydrogens (tertiary/aromatic N) is 1. The lowest BCUT2D eigenvalue weighted by molar-refractivity contribution is -0.125. The van der Waals surface area contributed by atoms with Gasteiger partial charge in [0.15, 0.2) is 0 Å². The molecule has 2 atom stereocenters. The van der Waals surface area contributed by atoms with E-state index in [2.05, 4.69) is 10.6 Å². The van der Waals surface area contributed by atoms with Crippen LogP contribution in [-0.2, 0) is 9.53 Å². The van der Waals surface area contributed by atoms with Crippen molar-refractivity contribution in [2.45, 2.75) is 60.7 Å². The zero-order valence-electron chi connectivity index (χ0n) is 22.5. The molecule has 1 aliphatic rings. The van der Waals surface area contributed by atoms with Gasteiger partial charge in [0.1, 0.15) is 12.7 Å². The van der Waals surface area contributed by atoms with Crippen LogP contribution in [0.1, 0.15) is 65.1 Å². The number of aliphatic hydroxyl groups is 4. The van der Waals surface area contributed by atoms with Gasteiger partial charge >= 0.3 is 0 Å². The van der Waals surface area contributed by atoms with Crippen LogP contribution in [0.15, 0.2) is 0 Å². The fraction of sp³-hybridized carbons (Fsp3) is 0.640. The first kappa shape index (κ1) is 33.4. The molecule has 1 aromatic carbocycles. The normalized spacial score (nSPS) is 14.5. The lowest BCUT2D eigenvalue weighted by Gasteiger charge is -2.32. The lowest BCUT2D eigenvalue weighted by atomic mass is 9.89. The third-order valence-corrected chi connectivity index (χ3v) is 5.42. The van der Waals surface area contributed by atoms with Crippen LogP contribution in [0, 0.1) is 20.8 Å². The molecule has 1 aliphatic heterocycles. The van der Waals surface area contributed by atoms with Gasteiger partial charge in [-0.05, 0) is 37.5 Å². The van der Waals surface area contributed by atoms with E-state index in [1.54, 1.807) is 20.8 Å². The van der Waals surface area contributed by atoms with Crippen LogP contribution < -0.4 is 15.5 Å². The number of hydrogen-bond donors (Lipinski definition) is 6. The van der Waals surface area contributed by atoms with Gasteiger partial charge in [0.2, 0.25) is 0 Å². The summed E-state index contributed by atoms with van der Waals surface area (Å²) in [4.78, 5) is 39.9. The molecule has 3 amide bonds. The fourth-order valence-electron chi connectivity index (χ4n) is 3.85. The largest absolute Gasteiger partial charge is 0.395 e. The van der Waals surface area contributed by atoms with Crippen LogP contribution in [0.5, 0.6) is 0 Å². The molecule has 0 bridgehead atoms. The van der Waals surface area contributed by atoms with Gasteiger partial charge in [0, 0.05) is 30.8 Å². The molecule has 2 rings (SSSR count).